The van der Waals surface area contributed by atoms with Crippen LogP contribution in [0.5, 0.6) is 0 Å². The van der Waals surface area contributed by atoms with E-state index in [4.69, 9.17) is 25.3 Å². The van der Waals surface area contributed by atoms with Gasteiger partial charge in [-0.1, -0.05) is 0 Å². The van der Waals surface area contributed by atoms with Crippen LogP contribution in [-0.2, 0) is 18.2 Å². The summed E-state index contributed by atoms with van der Waals surface area (Å²) in [5.74, 6) is 0. The summed E-state index contributed by atoms with van der Waals surface area (Å²) >= 11 is 0. The second-order valence-corrected chi connectivity index (χ2v) is 4.68. The van der Waals surface area contributed by atoms with Crippen LogP contribution in [-0.4, -0.2) is 32.4 Å². The Balaban J connectivity index is 3.71. The predicted octanol–water partition coefficient (Wildman–Crippen LogP) is -1.12. The molecule has 0 rings (SSSR count). The molecular formula is C3H11NO8P2. The molecule has 0 aromatic carbocycles. The fourth-order valence-electron chi connectivity index (χ4n) is 0.517. The van der Waals surface area contributed by atoms with Crippen LogP contribution in [0.15, 0.2) is 0 Å². The highest BCUT2D eigenvalue weighted by molar-refractivity contribution is 7.46. The molecule has 6 N–H and O–H groups in total. The third-order valence-corrected chi connectivity index (χ3v) is 2.00. The summed E-state index contributed by atoms with van der Waals surface area (Å²) in [5, 5.41) is 0. The molecule has 0 fully saturated rings. The zero-order valence-corrected chi connectivity index (χ0v) is 8.67. The second kappa shape index (κ2) is 5.32. The molecule has 1 atom stereocenters. The van der Waals surface area contributed by atoms with Crippen molar-refractivity contribution in [3.8, 4) is 0 Å². The lowest BCUT2D eigenvalue weighted by atomic mass is 10.4. The maximum absolute atomic E-state index is 10.2. The summed E-state index contributed by atoms with van der Waals surface area (Å²) in [6.07, 6.45) is -1.60. The lowest BCUT2D eigenvalue weighted by Gasteiger charge is -2.13. The van der Waals surface area contributed by atoms with Crippen LogP contribution in [0.4, 0.5) is 0 Å². The normalized spacial score (nSPS) is 15.5. The summed E-state index contributed by atoms with van der Waals surface area (Å²) < 4.78 is 28.3. The largest absolute Gasteiger partial charge is 0.471 e. The number of phosphoric ester groups is 2. The van der Waals surface area contributed by atoms with Crippen LogP contribution in [0.3, 0.4) is 0 Å². The Morgan fingerprint density at radius 1 is 1.14 bits per heavy atom. The molecule has 1 unspecified atom stereocenters. The average Bonchev–Trinajstić information content (AvgIpc) is 1.78. The van der Waals surface area contributed by atoms with Gasteiger partial charge in [-0.05, 0) is 0 Å². The van der Waals surface area contributed by atoms with Gasteiger partial charge in [-0.3, -0.25) is 9.05 Å². The van der Waals surface area contributed by atoms with Crippen molar-refractivity contribution in [2.45, 2.75) is 12.6 Å². The van der Waals surface area contributed by atoms with Crippen LogP contribution in [0, 0.1) is 0 Å². The Hall–Kier alpha value is 0.180. The molecule has 0 radical (unpaired) electrons. The molecule has 0 aliphatic carbocycles. The van der Waals surface area contributed by atoms with Crippen molar-refractivity contribution in [1.82, 2.24) is 0 Å². The third kappa shape index (κ3) is 10.3. The molecule has 0 amide bonds. The molecule has 0 heterocycles. The quantitative estimate of drug-likeness (QED) is 0.291. The van der Waals surface area contributed by atoms with Crippen molar-refractivity contribution in [2.75, 3.05) is 6.61 Å². The van der Waals surface area contributed by atoms with Crippen molar-refractivity contribution in [3.63, 3.8) is 0 Å². The molecule has 0 saturated heterocycles. The number of rotatable bonds is 6. The Bertz CT molecular complexity index is 255. The lowest BCUT2D eigenvalue weighted by Crippen LogP contribution is -2.24. The van der Waals surface area contributed by atoms with Gasteiger partial charge in [0.2, 0.25) is 0 Å². The van der Waals surface area contributed by atoms with E-state index < -0.39 is 28.5 Å². The van der Waals surface area contributed by atoms with E-state index in [9.17, 15) is 9.13 Å². The maximum Gasteiger partial charge on any atom is 0.471 e. The molecule has 0 saturated carbocycles. The first kappa shape index (κ1) is 14.2. The van der Waals surface area contributed by atoms with Gasteiger partial charge in [-0.25, -0.2) is 9.13 Å². The number of phosphoric acid groups is 2. The van der Waals surface area contributed by atoms with Crippen molar-refractivity contribution >= 4 is 15.6 Å². The molecule has 11 heteroatoms. The fourth-order valence-corrected chi connectivity index (χ4v) is 1.32. The summed E-state index contributed by atoms with van der Waals surface area (Å²) in [6, 6.07) is 0. The highest BCUT2D eigenvalue weighted by Gasteiger charge is 2.20. The van der Waals surface area contributed by atoms with Crippen molar-refractivity contribution in [3.05, 3.63) is 0 Å². The van der Waals surface area contributed by atoms with Gasteiger partial charge >= 0.3 is 15.6 Å². The van der Waals surface area contributed by atoms with Gasteiger partial charge in [0.05, 0.1) is 6.61 Å². The number of nitrogens with two attached hydrogens (primary N) is 1. The van der Waals surface area contributed by atoms with Gasteiger partial charge in [0.1, 0.15) is 6.23 Å². The van der Waals surface area contributed by atoms with Crippen LogP contribution in [0.1, 0.15) is 6.42 Å². The molecule has 0 aromatic rings. The number of hydrogen-bond acceptors (Lipinski definition) is 5. The zero-order valence-electron chi connectivity index (χ0n) is 6.89. The molecule has 0 aromatic heterocycles. The van der Waals surface area contributed by atoms with Crippen molar-refractivity contribution in [1.29, 1.82) is 0 Å². The highest BCUT2D eigenvalue weighted by atomic mass is 31.2. The molecule has 9 nitrogen and oxygen atoms in total. The Labute approximate surface area is 79.3 Å². The third-order valence-electron chi connectivity index (χ3n) is 0.935. The first-order valence-corrected chi connectivity index (χ1v) is 6.36. The minimum Gasteiger partial charge on any atom is -0.306 e. The molecule has 0 spiro atoms. The summed E-state index contributed by atoms with van der Waals surface area (Å²) in [5.41, 5.74) is 5.04. The SMILES string of the molecule is NC(CCOP(=O)(O)O)OP(=O)(O)O. The van der Waals surface area contributed by atoms with Gasteiger partial charge in [0.25, 0.3) is 0 Å². The molecule has 0 aliphatic rings. The summed E-state index contributed by atoms with van der Waals surface area (Å²) in [7, 11) is -9.26. The van der Waals surface area contributed by atoms with E-state index in [1.54, 1.807) is 0 Å². The van der Waals surface area contributed by atoms with E-state index in [2.05, 4.69) is 9.05 Å². The molecule has 14 heavy (non-hydrogen) atoms. The summed E-state index contributed by atoms with van der Waals surface area (Å²) in [6.45, 7) is -0.467. The lowest BCUT2D eigenvalue weighted by molar-refractivity contribution is 0.108. The van der Waals surface area contributed by atoms with E-state index in [1.165, 1.54) is 0 Å². The highest BCUT2D eigenvalue weighted by Crippen LogP contribution is 2.38. The second-order valence-electron chi connectivity index (χ2n) is 2.25. The minimum absolute atomic E-state index is 0.254. The summed E-state index contributed by atoms with van der Waals surface area (Å²) in [4.78, 5) is 33.0. The standard InChI is InChI=1S/C3H11NO8P2/c4-3(12-14(8,9)10)1-2-11-13(5,6)7/h3H,1-2,4H2,(H2,5,6,7)(H2,8,9,10). The van der Waals surface area contributed by atoms with Crippen LogP contribution in [0.2, 0.25) is 0 Å². The van der Waals surface area contributed by atoms with Gasteiger partial charge < -0.3 is 25.3 Å². The van der Waals surface area contributed by atoms with E-state index in [1.807, 2.05) is 0 Å². The van der Waals surface area contributed by atoms with E-state index in [0.29, 0.717) is 0 Å². The molecule has 0 bridgehead atoms. The van der Waals surface area contributed by atoms with Gasteiger partial charge in [0.15, 0.2) is 0 Å². The minimum atomic E-state index is -4.68. The smallest absolute Gasteiger partial charge is 0.306 e. The Morgan fingerprint density at radius 2 is 1.64 bits per heavy atom. The van der Waals surface area contributed by atoms with Crippen LogP contribution < -0.4 is 5.73 Å². The van der Waals surface area contributed by atoms with E-state index in [0.717, 1.165) is 0 Å². The first-order chi connectivity index (χ1) is 6.10. The fraction of sp³-hybridized carbons (Fsp3) is 1.00. The van der Waals surface area contributed by atoms with Crippen molar-refractivity contribution < 1.29 is 37.8 Å². The molecular weight excluding hydrogens is 240 g/mol. The Morgan fingerprint density at radius 3 is 2.00 bits per heavy atom. The zero-order chi connectivity index (χ0) is 11.4. The first-order valence-electron chi connectivity index (χ1n) is 3.30. The van der Waals surface area contributed by atoms with Crippen LogP contribution in [0.25, 0.3) is 0 Å². The van der Waals surface area contributed by atoms with Gasteiger partial charge in [-0.15, -0.1) is 0 Å². The topological polar surface area (TPSA) is 160 Å². The predicted molar refractivity (Wildman–Crippen MR) is 43.7 cm³/mol. The van der Waals surface area contributed by atoms with E-state index >= 15 is 0 Å². The monoisotopic (exact) mass is 251 g/mol. The number of hydrogen-bond donors (Lipinski definition) is 5. The average molecular weight is 251 g/mol. The maximum atomic E-state index is 10.2. The van der Waals surface area contributed by atoms with Crippen molar-refractivity contribution in [2.24, 2.45) is 5.73 Å². The Kier molecular flexibility index (Phi) is 5.38. The van der Waals surface area contributed by atoms with Gasteiger partial charge in [-0.2, -0.15) is 0 Å². The van der Waals surface area contributed by atoms with E-state index in [-0.39, 0.29) is 6.42 Å². The molecule has 0 aliphatic heterocycles. The van der Waals surface area contributed by atoms with Crippen LogP contribution >= 0.6 is 15.6 Å². The molecule has 86 valence electrons. The van der Waals surface area contributed by atoms with Gasteiger partial charge in [0, 0.05) is 6.42 Å².